The predicted molar refractivity (Wildman–Crippen MR) is 82.4 cm³/mol. The second-order valence-electron chi connectivity index (χ2n) is 5.85. The van der Waals surface area contributed by atoms with Crippen LogP contribution in [0.5, 0.6) is 0 Å². The van der Waals surface area contributed by atoms with Crippen LogP contribution >= 0.6 is 11.6 Å². The van der Waals surface area contributed by atoms with Crippen molar-refractivity contribution in [2.75, 3.05) is 35.3 Å². The average Bonchev–Trinajstić information content (AvgIpc) is 2.85. The molecule has 2 aliphatic heterocycles. The number of rotatable bonds is 3. The molecule has 0 radical (unpaired) electrons. The van der Waals surface area contributed by atoms with Crippen LogP contribution in [-0.4, -0.2) is 70.1 Å². The number of benzene rings is 1. The Bertz CT molecular complexity index is 671. The molecule has 0 saturated carbocycles. The number of ether oxygens (including phenoxy) is 2. The first-order chi connectivity index (χ1) is 11.6. The van der Waals surface area contributed by atoms with Crippen molar-refractivity contribution in [3.8, 4) is 0 Å². The van der Waals surface area contributed by atoms with Gasteiger partial charge < -0.3 is 30.1 Å². The summed E-state index contributed by atoms with van der Waals surface area (Å²) in [6.07, 6.45) is -1.15. The number of hydrogen-bond acceptors (Lipinski definition) is 8. The summed E-state index contributed by atoms with van der Waals surface area (Å²) in [7, 11) is 0. The number of halogens is 2. The Morgan fingerprint density at radius 1 is 1.24 bits per heavy atom. The fourth-order valence-corrected chi connectivity index (χ4v) is 2.94. The van der Waals surface area contributed by atoms with Gasteiger partial charge in [0.25, 0.3) is 0 Å². The zero-order valence-electron chi connectivity index (χ0n) is 12.8. The summed E-state index contributed by atoms with van der Waals surface area (Å²) in [5.41, 5.74) is 0.0964. The van der Waals surface area contributed by atoms with Crippen molar-refractivity contribution >= 4 is 29.1 Å². The fraction of sp³-hybridized carbons (Fsp3) is 0.500. The van der Waals surface area contributed by atoms with Gasteiger partial charge in [-0.05, 0) is 18.2 Å². The molecule has 2 heterocycles. The van der Waals surface area contributed by atoms with Crippen molar-refractivity contribution in [2.45, 2.75) is 18.1 Å². The van der Waals surface area contributed by atoms with Crippen LogP contribution in [0, 0.1) is 5.82 Å². The van der Waals surface area contributed by atoms with Gasteiger partial charge in [0, 0.05) is 0 Å². The lowest BCUT2D eigenvalue weighted by Crippen LogP contribution is -2.62. The predicted octanol–water partition coefficient (Wildman–Crippen LogP) is -0.497. The van der Waals surface area contributed by atoms with E-state index in [0.717, 1.165) is 11.0 Å². The zero-order chi connectivity index (χ0) is 18.4. The van der Waals surface area contributed by atoms with E-state index in [4.69, 9.17) is 16.3 Å². The van der Waals surface area contributed by atoms with Gasteiger partial charge in [-0.3, -0.25) is 9.64 Å². The van der Waals surface area contributed by atoms with Crippen molar-refractivity contribution < 1.29 is 39.1 Å². The number of morpholine rings is 1. The largest absolute Gasteiger partial charge is 0.443 e. The number of β-amino-alcohol motifs (C(OH)–C–C–N with tert-alkyl or cyclic N) is 4. The van der Waals surface area contributed by atoms with Crippen LogP contribution < -0.4 is 9.80 Å². The second kappa shape index (κ2) is 6.24. The van der Waals surface area contributed by atoms with E-state index in [1.54, 1.807) is 0 Å². The van der Waals surface area contributed by atoms with Gasteiger partial charge in [0.2, 0.25) is 0 Å². The highest BCUT2D eigenvalue weighted by Crippen LogP contribution is 2.32. The molecular formula is C14H16ClFN2O7. The Morgan fingerprint density at radius 2 is 1.88 bits per heavy atom. The van der Waals surface area contributed by atoms with E-state index in [1.807, 2.05) is 0 Å². The van der Waals surface area contributed by atoms with E-state index in [0.29, 0.717) is 0 Å². The Labute approximate surface area is 146 Å². The maximum absolute atomic E-state index is 14.5. The van der Waals surface area contributed by atoms with E-state index in [-0.39, 0.29) is 23.8 Å². The zero-order valence-corrected chi connectivity index (χ0v) is 13.6. The molecule has 11 heteroatoms. The molecule has 1 amide bonds. The first-order valence-corrected chi connectivity index (χ1v) is 7.82. The summed E-state index contributed by atoms with van der Waals surface area (Å²) in [4.78, 5) is 14.0. The molecule has 25 heavy (non-hydrogen) atoms. The molecule has 2 aliphatic rings. The average molecular weight is 379 g/mol. The molecule has 0 aromatic heterocycles. The van der Waals surface area contributed by atoms with Gasteiger partial charge in [-0.25, -0.2) is 9.18 Å². The second-order valence-corrected chi connectivity index (χ2v) is 6.16. The van der Waals surface area contributed by atoms with E-state index in [1.165, 1.54) is 17.0 Å². The molecule has 1 aromatic rings. The van der Waals surface area contributed by atoms with Crippen molar-refractivity contribution in [3.05, 3.63) is 24.0 Å². The number of carbonyl (C=O) groups excluding carboxylic acids is 1. The Hall–Kier alpha value is -1.69. The van der Waals surface area contributed by atoms with E-state index in [2.05, 4.69) is 4.74 Å². The molecule has 0 aliphatic carbocycles. The molecule has 4 N–H and O–H groups in total. The first-order valence-electron chi connectivity index (χ1n) is 7.28. The molecule has 138 valence electrons. The minimum atomic E-state index is -2.88. The minimum Gasteiger partial charge on any atom is -0.443 e. The van der Waals surface area contributed by atoms with Gasteiger partial charge in [0.1, 0.15) is 25.0 Å². The number of anilines is 2. The third kappa shape index (κ3) is 3.78. The Balaban J connectivity index is 1.84. The molecule has 2 fully saturated rings. The van der Waals surface area contributed by atoms with Gasteiger partial charge >= 0.3 is 18.0 Å². The van der Waals surface area contributed by atoms with Crippen LogP contribution in [-0.2, 0) is 9.47 Å². The highest BCUT2D eigenvalue weighted by atomic mass is 35.5. The van der Waals surface area contributed by atoms with Crippen LogP contribution in [0.15, 0.2) is 18.2 Å². The number of hydrogen-bond donors (Lipinski definition) is 4. The van der Waals surface area contributed by atoms with Gasteiger partial charge in [-0.15, -0.1) is 11.6 Å². The molecule has 0 spiro atoms. The minimum absolute atomic E-state index is 0.112. The number of cyclic esters (lactones) is 1. The van der Waals surface area contributed by atoms with Crippen LogP contribution in [0.1, 0.15) is 0 Å². The third-order valence-electron chi connectivity index (χ3n) is 3.75. The van der Waals surface area contributed by atoms with E-state index in [9.17, 15) is 29.6 Å². The SMILES string of the molecule is O=C1OC(CCl)CN1c1ccc(N2CC(O)(O)OC(O)(O)C2)c(F)c1. The number of alkyl halides is 1. The lowest BCUT2D eigenvalue weighted by Gasteiger charge is -2.42. The molecule has 1 aromatic carbocycles. The van der Waals surface area contributed by atoms with Gasteiger partial charge in [-0.1, -0.05) is 0 Å². The van der Waals surface area contributed by atoms with E-state index < -0.39 is 43.1 Å². The summed E-state index contributed by atoms with van der Waals surface area (Å²) in [5.74, 6) is -6.45. The van der Waals surface area contributed by atoms with Crippen molar-refractivity contribution in [1.82, 2.24) is 0 Å². The van der Waals surface area contributed by atoms with Gasteiger partial charge in [0.15, 0.2) is 0 Å². The van der Waals surface area contributed by atoms with Crippen LogP contribution in [0.25, 0.3) is 0 Å². The lowest BCUT2D eigenvalue weighted by molar-refractivity contribution is -0.474. The Morgan fingerprint density at radius 3 is 2.40 bits per heavy atom. The number of aliphatic hydroxyl groups is 4. The number of carbonyl (C=O) groups is 1. The lowest BCUT2D eigenvalue weighted by atomic mass is 10.2. The van der Waals surface area contributed by atoms with Crippen molar-refractivity contribution in [3.63, 3.8) is 0 Å². The summed E-state index contributed by atoms with van der Waals surface area (Å²) >= 11 is 5.65. The maximum Gasteiger partial charge on any atom is 0.414 e. The summed E-state index contributed by atoms with van der Waals surface area (Å²) < 4.78 is 23.7. The maximum atomic E-state index is 14.5. The van der Waals surface area contributed by atoms with Crippen LogP contribution in [0.4, 0.5) is 20.6 Å². The van der Waals surface area contributed by atoms with Gasteiger partial charge in [-0.2, -0.15) is 0 Å². The fourth-order valence-electron chi connectivity index (χ4n) is 2.78. The standard InChI is InChI=1S/C14H16ClFN2O7/c15-4-9-5-18(12(19)24-9)8-1-2-11(10(16)3-8)17-6-13(20,21)25-14(22,23)7-17/h1-3,9,20-23H,4-7H2. The normalized spacial score (nSPS) is 25.2. The molecular weight excluding hydrogens is 363 g/mol. The monoisotopic (exact) mass is 378 g/mol. The number of amides is 1. The molecule has 2 saturated heterocycles. The highest BCUT2D eigenvalue weighted by molar-refractivity contribution is 6.18. The van der Waals surface area contributed by atoms with Gasteiger partial charge in [0.05, 0.1) is 23.8 Å². The quantitative estimate of drug-likeness (QED) is 0.410. The van der Waals surface area contributed by atoms with Crippen molar-refractivity contribution in [1.29, 1.82) is 0 Å². The molecule has 1 atom stereocenters. The number of nitrogens with zero attached hydrogens (tertiary/aromatic N) is 2. The van der Waals surface area contributed by atoms with Crippen molar-refractivity contribution in [2.24, 2.45) is 0 Å². The highest BCUT2D eigenvalue weighted by Gasteiger charge is 2.46. The summed E-state index contributed by atoms with van der Waals surface area (Å²) in [6.45, 7) is -1.07. The van der Waals surface area contributed by atoms with Crippen LogP contribution in [0.3, 0.4) is 0 Å². The first kappa shape index (κ1) is 18.1. The van der Waals surface area contributed by atoms with E-state index >= 15 is 0 Å². The third-order valence-corrected chi connectivity index (χ3v) is 4.09. The smallest absolute Gasteiger partial charge is 0.414 e. The molecule has 1 unspecified atom stereocenters. The topological polar surface area (TPSA) is 123 Å². The molecule has 9 nitrogen and oxygen atoms in total. The summed E-state index contributed by atoms with van der Waals surface area (Å²) in [6, 6.07) is 3.73. The molecule has 0 bridgehead atoms. The Kier molecular flexibility index (Phi) is 4.52. The summed E-state index contributed by atoms with van der Waals surface area (Å²) in [5, 5.41) is 38.1. The molecule has 3 rings (SSSR count). The van der Waals surface area contributed by atoms with Crippen LogP contribution in [0.2, 0.25) is 0 Å².